The van der Waals surface area contributed by atoms with Crippen molar-refractivity contribution in [2.75, 3.05) is 26.2 Å². The molecular formula is C26H30FN3O3. The van der Waals surface area contributed by atoms with Crippen LogP contribution in [0.4, 0.5) is 4.39 Å². The van der Waals surface area contributed by atoms with E-state index in [9.17, 15) is 14.0 Å². The summed E-state index contributed by atoms with van der Waals surface area (Å²) in [6.07, 6.45) is 2.14. The molecule has 0 aliphatic carbocycles. The number of halogens is 1. The average molecular weight is 452 g/mol. The number of hydrazone groups is 1. The molecule has 2 aromatic rings. The van der Waals surface area contributed by atoms with Gasteiger partial charge in [-0.2, -0.15) is 5.10 Å². The quantitative estimate of drug-likeness (QED) is 0.621. The van der Waals surface area contributed by atoms with Gasteiger partial charge in [0.15, 0.2) is 0 Å². The highest BCUT2D eigenvalue weighted by Crippen LogP contribution is 2.34. The van der Waals surface area contributed by atoms with Crippen LogP contribution in [0, 0.1) is 18.7 Å². The first-order chi connectivity index (χ1) is 16.0. The minimum atomic E-state index is -0.328. The Kier molecular flexibility index (Phi) is 7.18. The van der Waals surface area contributed by atoms with Gasteiger partial charge in [-0.15, -0.1) is 0 Å². The summed E-state index contributed by atoms with van der Waals surface area (Å²) in [6.45, 7) is 5.62. The van der Waals surface area contributed by atoms with Crippen molar-refractivity contribution >= 4 is 17.6 Å². The van der Waals surface area contributed by atoms with Crippen LogP contribution < -0.4 is 0 Å². The monoisotopic (exact) mass is 451 g/mol. The molecule has 174 valence electrons. The van der Waals surface area contributed by atoms with E-state index < -0.39 is 0 Å². The second-order valence-corrected chi connectivity index (χ2v) is 8.70. The van der Waals surface area contributed by atoms with Crippen LogP contribution in [-0.2, 0) is 14.3 Å². The van der Waals surface area contributed by atoms with Crippen LogP contribution in [0.5, 0.6) is 0 Å². The van der Waals surface area contributed by atoms with Crippen LogP contribution in [0.3, 0.4) is 0 Å². The Bertz CT molecular complexity index is 1050. The Morgan fingerprint density at radius 2 is 2.00 bits per heavy atom. The number of aryl methyl sites for hydroxylation is 1. The molecule has 0 N–H and O–H groups in total. The maximum atomic E-state index is 13.8. The lowest BCUT2D eigenvalue weighted by molar-refractivity contribution is -0.150. The average Bonchev–Trinajstić information content (AvgIpc) is 3.25. The van der Waals surface area contributed by atoms with E-state index in [1.807, 2.05) is 42.2 Å². The number of rotatable bonds is 6. The molecule has 2 aliphatic heterocycles. The third-order valence-corrected chi connectivity index (χ3v) is 6.36. The molecule has 33 heavy (non-hydrogen) atoms. The summed E-state index contributed by atoms with van der Waals surface area (Å²) in [6, 6.07) is 14.0. The maximum absolute atomic E-state index is 13.8. The van der Waals surface area contributed by atoms with Crippen molar-refractivity contribution in [3.8, 4) is 0 Å². The molecule has 0 saturated carbocycles. The molecule has 2 atom stereocenters. The molecule has 6 nitrogen and oxygen atoms in total. The Hall–Kier alpha value is -3.06. The Morgan fingerprint density at radius 1 is 1.18 bits per heavy atom. The van der Waals surface area contributed by atoms with Crippen LogP contribution in [0.15, 0.2) is 53.6 Å². The molecule has 1 fully saturated rings. The molecule has 0 bridgehead atoms. The lowest BCUT2D eigenvalue weighted by Crippen LogP contribution is -2.44. The van der Waals surface area contributed by atoms with Crippen LogP contribution in [0.1, 0.15) is 48.9 Å². The topological polar surface area (TPSA) is 62.2 Å². The smallest absolute Gasteiger partial charge is 0.310 e. The SMILES string of the molecule is CCOC(=O)[C@H]1CCCN(CC(=O)N2N=C(c3cccc(F)c3)C[C@H]2c2ccccc2C)C1. The number of amides is 1. The van der Waals surface area contributed by atoms with Gasteiger partial charge >= 0.3 is 5.97 Å². The molecule has 2 aliphatic rings. The number of hydrogen-bond donors (Lipinski definition) is 0. The fraction of sp³-hybridized carbons (Fsp3) is 0.423. The van der Waals surface area contributed by atoms with E-state index in [1.165, 1.54) is 12.1 Å². The van der Waals surface area contributed by atoms with Gasteiger partial charge in [0.1, 0.15) is 5.82 Å². The third-order valence-electron chi connectivity index (χ3n) is 6.36. The second-order valence-electron chi connectivity index (χ2n) is 8.70. The maximum Gasteiger partial charge on any atom is 0.310 e. The molecule has 1 amide bonds. The van der Waals surface area contributed by atoms with E-state index in [2.05, 4.69) is 5.10 Å². The predicted molar refractivity (Wildman–Crippen MR) is 124 cm³/mol. The molecule has 0 radical (unpaired) electrons. The van der Waals surface area contributed by atoms with Crippen molar-refractivity contribution in [1.82, 2.24) is 9.91 Å². The molecule has 0 spiro atoms. The number of esters is 1. The summed E-state index contributed by atoms with van der Waals surface area (Å²) < 4.78 is 19.0. The highest BCUT2D eigenvalue weighted by Gasteiger charge is 2.36. The molecule has 4 rings (SSSR count). The first-order valence-corrected chi connectivity index (χ1v) is 11.6. The summed E-state index contributed by atoms with van der Waals surface area (Å²) in [5, 5.41) is 6.21. The lowest BCUT2D eigenvalue weighted by atomic mass is 9.95. The van der Waals surface area contributed by atoms with Crippen molar-refractivity contribution in [2.24, 2.45) is 11.0 Å². The number of likely N-dealkylation sites (tertiary alicyclic amines) is 1. The van der Waals surface area contributed by atoms with Gasteiger partial charge in [-0.25, -0.2) is 9.40 Å². The Balaban J connectivity index is 1.55. The number of nitrogens with zero attached hydrogens (tertiary/aromatic N) is 3. The van der Waals surface area contributed by atoms with Gasteiger partial charge in [0.05, 0.1) is 30.8 Å². The first-order valence-electron chi connectivity index (χ1n) is 11.6. The van der Waals surface area contributed by atoms with Crippen LogP contribution in [-0.4, -0.2) is 53.7 Å². The summed E-state index contributed by atoms with van der Waals surface area (Å²) in [4.78, 5) is 27.6. The minimum Gasteiger partial charge on any atom is -0.466 e. The zero-order valence-corrected chi connectivity index (χ0v) is 19.2. The van der Waals surface area contributed by atoms with E-state index in [1.54, 1.807) is 18.0 Å². The van der Waals surface area contributed by atoms with Crippen molar-refractivity contribution < 1.29 is 18.7 Å². The van der Waals surface area contributed by atoms with Gasteiger partial charge < -0.3 is 4.74 Å². The first kappa shape index (κ1) is 23.1. The van der Waals surface area contributed by atoms with Gasteiger partial charge in [-0.1, -0.05) is 36.4 Å². The minimum absolute atomic E-state index is 0.126. The van der Waals surface area contributed by atoms with Gasteiger partial charge in [-0.3, -0.25) is 14.5 Å². The highest BCUT2D eigenvalue weighted by atomic mass is 19.1. The van der Waals surface area contributed by atoms with Gasteiger partial charge in [0.2, 0.25) is 0 Å². The van der Waals surface area contributed by atoms with Crippen molar-refractivity contribution in [3.05, 3.63) is 71.0 Å². The number of ether oxygens (including phenoxy) is 1. The van der Waals surface area contributed by atoms with Crippen molar-refractivity contribution in [1.29, 1.82) is 0 Å². The molecular weight excluding hydrogens is 421 g/mol. The lowest BCUT2D eigenvalue weighted by Gasteiger charge is -2.32. The number of piperidine rings is 1. The van der Waals surface area contributed by atoms with Gasteiger partial charge in [-0.05, 0) is 56.5 Å². The molecule has 0 aromatic heterocycles. The summed E-state index contributed by atoms with van der Waals surface area (Å²) in [5.74, 6) is -0.853. The fourth-order valence-electron chi connectivity index (χ4n) is 4.70. The van der Waals surface area contributed by atoms with Crippen molar-refractivity contribution in [3.63, 3.8) is 0 Å². The Morgan fingerprint density at radius 3 is 2.76 bits per heavy atom. The highest BCUT2D eigenvalue weighted by molar-refractivity contribution is 6.03. The largest absolute Gasteiger partial charge is 0.466 e. The van der Waals surface area contributed by atoms with Gasteiger partial charge in [0.25, 0.3) is 5.91 Å². The second kappa shape index (κ2) is 10.3. The van der Waals surface area contributed by atoms with E-state index in [0.29, 0.717) is 30.8 Å². The van der Waals surface area contributed by atoms with Crippen LogP contribution >= 0.6 is 0 Å². The molecule has 7 heteroatoms. The van der Waals surface area contributed by atoms with E-state index >= 15 is 0 Å². The van der Waals surface area contributed by atoms with Gasteiger partial charge in [0, 0.05) is 18.5 Å². The number of benzene rings is 2. The fourth-order valence-corrected chi connectivity index (χ4v) is 4.70. The third kappa shape index (κ3) is 5.30. The van der Waals surface area contributed by atoms with Crippen LogP contribution in [0.2, 0.25) is 0 Å². The zero-order valence-electron chi connectivity index (χ0n) is 19.2. The molecule has 2 aromatic carbocycles. The zero-order chi connectivity index (χ0) is 23.4. The van der Waals surface area contributed by atoms with E-state index in [4.69, 9.17) is 4.74 Å². The van der Waals surface area contributed by atoms with E-state index in [0.717, 1.165) is 30.5 Å². The van der Waals surface area contributed by atoms with Crippen molar-refractivity contribution in [2.45, 2.75) is 39.2 Å². The number of hydrogen-bond acceptors (Lipinski definition) is 5. The molecule has 1 saturated heterocycles. The summed E-state index contributed by atoms with van der Waals surface area (Å²) in [7, 11) is 0. The predicted octanol–water partition coefficient (Wildman–Crippen LogP) is 4.09. The normalized spacial score (nSPS) is 21.1. The Labute approximate surface area is 194 Å². The molecule has 0 unspecified atom stereocenters. The molecule has 2 heterocycles. The summed E-state index contributed by atoms with van der Waals surface area (Å²) in [5.41, 5.74) is 3.49. The standard InChI is InChI=1S/C26H30FN3O3/c1-3-33-26(32)20-10-7-13-29(16-20)17-25(31)30-24(22-12-5-4-8-18(22)2)15-23(28-30)19-9-6-11-21(27)14-19/h4-6,8-9,11-12,14,20,24H,3,7,10,13,15-17H2,1-2H3/t20-,24-/m0/s1. The number of carbonyl (C=O) groups is 2. The van der Waals surface area contributed by atoms with E-state index in [-0.39, 0.29) is 36.2 Å². The number of carbonyl (C=O) groups excluding carboxylic acids is 2. The van der Waals surface area contributed by atoms with Crippen LogP contribution in [0.25, 0.3) is 0 Å². The summed E-state index contributed by atoms with van der Waals surface area (Å²) >= 11 is 0.